The molecule has 1 N–H and O–H groups in total. The molecule has 1 aromatic carbocycles. The molecule has 2 aromatic rings. The molecule has 88 valence electrons. The Bertz CT molecular complexity index is 600. The number of aryl methyl sites for hydroxylation is 1. The van der Waals surface area contributed by atoms with Gasteiger partial charge in [-0.3, -0.25) is 5.32 Å². The number of fused-ring (bicyclic) bond motifs is 3. The summed E-state index contributed by atoms with van der Waals surface area (Å²) in [5.41, 5.74) is 4.13. The number of nitrogens with one attached hydrogen (secondary N) is 1. The van der Waals surface area contributed by atoms with Gasteiger partial charge in [0.25, 0.3) is 0 Å². The van der Waals surface area contributed by atoms with Gasteiger partial charge in [-0.05, 0) is 40.6 Å². The van der Waals surface area contributed by atoms with Crippen LogP contribution in [0.25, 0.3) is 10.9 Å². The van der Waals surface area contributed by atoms with Crippen LogP contribution >= 0.6 is 22.6 Å². The molecular formula is C14H15IN2. The zero-order valence-electron chi connectivity index (χ0n) is 9.83. The Morgan fingerprint density at radius 2 is 2.24 bits per heavy atom. The minimum absolute atomic E-state index is 0.140. The molecule has 0 unspecified atom stereocenters. The molecule has 0 radical (unpaired) electrons. The molecule has 2 heterocycles. The van der Waals surface area contributed by atoms with Gasteiger partial charge in [0.2, 0.25) is 0 Å². The first-order chi connectivity index (χ1) is 8.17. The number of nitrogens with zero attached hydrogens (tertiary/aromatic N) is 1. The summed E-state index contributed by atoms with van der Waals surface area (Å²) in [6.45, 7) is 4.99. The number of aromatic nitrogens is 1. The predicted molar refractivity (Wildman–Crippen MR) is 80.5 cm³/mol. The number of rotatable bonds is 1. The van der Waals surface area contributed by atoms with E-state index in [0.29, 0.717) is 0 Å². The van der Waals surface area contributed by atoms with E-state index in [0.717, 1.165) is 13.0 Å². The van der Waals surface area contributed by atoms with Gasteiger partial charge in [0.15, 0.2) is 0 Å². The molecule has 0 bridgehead atoms. The number of alkyl halides is 1. The molecule has 0 amide bonds. The van der Waals surface area contributed by atoms with Crippen LogP contribution < -0.4 is 5.32 Å². The third kappa shape index (κ3) is 1.48. The van der Waals surface area contributed by atoms with Crippen molar-refractivity contribution in [3.63, 3.8) is 0 Å². The Kier molecular flexibility index (Phi) is 2.56. The fraction of sp³-hybridized carbons (Fsp3) is 0.286. The van der Waals surface area contributed by atoms with Gasteiger partial charge in [0.1, 0.15) is 3.55 Å². The van der Waals surface area contributed by atoms with Gasteiger partial charge in [0, 0.05) is 24.5 Å². The summed E-state index contributed by atoms with van der Waals surface area (Å²) in [5.74, 6) is 0. The average molecular weight is 338 g/mol. The molecule has 1 atom stereocenters. The van der Waals surface area contributed by atoms with Crippen LogP contribution in [0.3, 0.4) is 0 Å². The van der Waals surface area contributed by atoms with E-state index in [1.165, 1.54) is 22.2 Å². The Labute approximate surface area is 115 Å². The van der Waals surface area contributed by atoms with Crippen molar-refractivity contribution in [3.05, 3.63) is 48.2 Å². The van der Waals surface area contributed by atoms with Crippen molar-refractivity contribution in [3.8, 4) is 0 Å². The van der Waals surface area contributed by atoms with Crippen LogP contribution in [0.4, 0.5) is 0 Å². The SMILES string of the molecule is C=C[C@]1(I)NCCc2c1n(C)c1ccccc21. The Hall–Kier alpha value is -0.810. The second-order valence-corrected chi connectivity index (χ2v) is 6.20. The van der Waals surface area contributed by atoms with Crippen molar-refractivity contribution >= 4 is 33.5 Å². The van der Waals surface area contributed by atoms with E-state index < -0.39 is 0 Å². The first-order valence-corrected chi connectivity index (χ1v) is 6.89. The van der Waals surface area contributed by atoms with E-state index in [4.69, 9.17) is 0 Å². The summed E-state index contributed by atoms with van der Waals surface area (Å²) in [6.07, 6.45) is 3.10. The van der Waals surface area contributed by atoms with Crippen molar-refractivity contribution in [2.45, 2.75) is 9.97 Å². The number of hydrogen-bond acceptors (Lipinski definition) is 1. The number of hydrogen-bond donors (Lipinski definition) is 1. The lowest BCUT2D eigenvalue weighted by Crippen LogP contribution is -2.41. The fourth-order valence-electron chi connectivity index (χ4n) is 2.81. The van der Waals surface area contributed by atoms with Crippen molar-refractivity contribution in [1.29, 1.82) is 0 Å². The lowest BCUT2D eigenvalue weighted by molar-refractivity contribution is 0.534. The first kappa shape index (κ1) is 11.3. The van der Waals surface area contributed by atoms with E-state index in [1.54, 1.807) is 0 Å². The van der Waals surface area contributed by atoms with E-state index in [-0.39, 0.29) is 3.55 Å². The summed E-state index contributed by atoms with van der Waals surface area (Å²) in [5, 5.41) is 4.93. The molecule has 0 aliphatic carbocycles. The highest BCUT2D eigenvalue weighted by atomic mass is 127. The Balaban J connectivity index is 2.42. The molecule has 0 fully saturated rings. The lowest BCUT2D eigenvalue weighted by atomic mass is 9.99. The number of halogens is 1. The molecular weight excluding hydrogens is 323 g/mol. The molecule has 1 aliphatic heterocycles. The monoisotopic (exact) mass is 338 g/mol. The van der Waals surface area contributed by atoms with Gasteiger partial charge >= 0.3 is 0 Å². The van der Waals surface area contributed by atoms with E-state index in [9.17, 15) is 0 Å². The van der Waals surface area contributed by atoms with Crippen molar-refractivity contribution in [2.24, 2.45) is 7.05 Å². The second-order valence-electron chi connectivity index (χ2n) is 4.50. The Morgan fingerprint density at radius 1 is 1.47 bits per heavy atom. The minimum atomic E-state index is -0.140. The maximum Gasteiger partial charge on any atom is 0.130 e. The van der Waals surface area contributed by atoms with Crippen LogP contribution in [-0.4, -0.2) is 11.1 Å². The fourth-order valence-corrected chi connectivity index (χ4v) is 3.77. The van der Waals surface area contributed by atoms with Gasteiger partial charge in [0.05, 0.1) is 5.69 Å². The van der Waals surface area contributed by atoms with E-state index in [2.05, 4.69) is 70.4 Å². The molecule has 0 spiro atoms. The van der Waals surface area contributed by atoms with Crippen LogP contribution in [0, 0.1) is 0 Å². The van der Waals surface area contributed by atoms with E-state index >= 15 is 0 Å². The van der Waals surface area contributed by atoms with Crippen LogP contribution in [0.1, 0.15) is 11.3 Å². The summed E-state index contributed by atoms with van der Waals surface area (Å²) in [4.78, 5) is 0. The van der Waals surface area contributed by atoms with Gasteiger partial charge in [-0.15, -0.1) is 6.58 Å². The molecule has 1 aliphatic rings. The highest BCUT2D eigenvalue weighted by Gasteiger charge is 2.35. The molecule has 0 saturated carbocycles. The zero-order valence-corrected chi connectivity index (χ0v) is 12.0. The topological polar surface area (TPSA) is 17.0 Å². The molecule has 3 heteroatoms. The maximum atomic E-state index is 3.98. The maximum absolute atomic E-state index is 3.98. The Morgan fingerprint density at radius 3 is 3.00 bits per heavy atom. The summed E-state index contributed by atoms with van der Waals surface area (Å²) < 4.78 is 2.16. The largest absolute Gasteiger partial charge is 0.345 e. The van der Waals surface area contributed by atoms with Gasteiger partial charge < -0.3 is 4.57 Å². The normalized spacial score (nSPS) is 23.6. The number of para-hydroxylation sites is 1. The smallest absolute Gasteiger partial charge is 0.130 e. The zero-order chi connectivity index (χ0) is 12.0. The van der Waals surface area contributed by atoms with Gasteiger partial charge in [-0.1, -0.05) is 24.3 Å². The molecule has 1 aromatic heterocycles. The summed E-state index contributed by atoms with van der Waals surface area (Å²) in [7, 11) is 2.14. The summed E-state index contributed by atoms with van der Waals surface area (Å²) >= 11 is 2.46. The molecule has 2 nitrogen and oxygen atoms in total. The lowest BCUT2D eigenvalue weighted by Gasteiger charge is -2.32. The molecule has 0 saturated heterocycles. The highest BCUT2D eigenvalue weighted by molar-refractivity contribution is 14.1. The van der Waals surface area contributed by atoms with E-state index in [1.807, 2.05) is 6.08 Å². The minimum Gasteiger partial charge on any atom is -0.345 e. The van der Waals surface area contributed by atoms with Crippen molar-refractivity contribution in [1.82, 2.24) is 9.88 Å². The molecule has 3 rings (SSSR count). The van der Waals surface area contributed by atoms with Crippen LogP contribution in [-0.2, 0) is 17.0 Å². The van der Waals surface area contributed by atoms with Gasteiger partial charge in [-0.25, -0.2) is 0 Å². The predicted octanol–water partition coefficient (Wildman–Crippen LogP) is 3.10. The second kappa shape index (κ2) is 3.85. The van der Waals surface area contributed by atoms with Crippen molar-refractivity contribution in [2.75, 3.05) is 6.54 Å². The average Bonchev–Trinajstić information content (AvgIpc) is 2.66. The van der Waals surface area contributed by atoms with Crippen molar-refractivity contribution < 1.29 is 0 Å². The quantitative estimate of drug-likeness (QED) is 0.366. The first-order valence-electron chi connectivity index (χ1n) is 5.81. The summed E-state index contributed by atoms with van der Waals surface area (Å²) in [6, 6.07) is 8.63. The molecule has 17 heavy (non-hydrogen) atoms. The third-order valence-corrected chi connectivity index (χ3v) is 4.93. The highest BCUT2D eigenvalue weighted by Crippen LogP contribution is 2.40. The van der Waals surface area contributed by atoms with Crippen LogP contribution in [0.2, 0.25) is 0 Å². The van der Waals surface area contributed by atoms with Crippen LogP contribution in [0.15, 0.2) is 36.9 Å². The standard InChI is InChI=1S/C14H15IN2/c1-3-14(15)13-11(8-9-16-14)10-6-4-5-7-12(10)17(13)2/h3-7,16H,1,8-9H2,2H3/t14-/m0/s1. The van der Waals surface area contributed by atoms with Gasteiger partial charge in [-0.2, -0.15) is 0 Å². The van der Waals surface area contributed by atoms with Crippen LogP contribution in [0.5, 0.6) is 0 Å². The third-order valence-electron chi connectivity index (χ3n) is 3.59. The number of benzene rings is 1.